The van der Waals surface area contributed by atoms with E-state index in [1.54, 1.807) is 11.3 Å². The summed E-state index contributed by atoms with van der Waals surface area (Å²) in [6.07, 6.45) is 1.21. The quantitative estimate of drug-likeness (QED) is 0.559. The lowest BCUT2D eigenvalue weighted by Gasteiger charge is -2.16. The summed E-state index contributed by atoms with van der Waals surface area (Å²) in [5.41, 5.74) is 5.85. The maximum Gasteiger partial charge on any atom is 0.0508 e. The molecular weight excluding hydrogens is 276 g/mol. The average molecular weight is 294 g/mol. The summed E-state index contributed by atoms with van der Waals surface area (Å²) < 4.78 is 1.34. The minimum atomic E-state index is 0.242. The fourth-order valence-corrected chi connectivity index (χ4v) is 4.35. The molecule has 3 atom stereocenters. The lowest BCUT2D eigenvalue weighted by Crippen LogP contribution is -2.29. The number of rotatable bonds is 4. The molecule has 0 saturated heterocycles. The Balaban J connectivity index is 1.65. The minimum Gasteiger partial charge on any atom is -0.271 e. The maximum atomic E-state index is 5.89. The Kier molecular flexibility index (Phi) is 3.26. The van der Waals surface area contributed by atoms with E-state index in [4.69, 9.17) is 5.84 Å². The molecule has 21 heavy (non-hydrogen) atoms. The van der Waals surface area contributed by atoms with E-state index in [0.717, 1.165) is 0 Å². The van der Waals surface area contributed by atoms with E-state index < -0.39 is 0 Å². The zero-order chi connectivity index (χ0) is 14.2. The number of nitrogens with one attached hydrogen (secondary N) is 1. The molecule has 3 unspecified atom stereocenters. The van der Waals surface area contributed by atoms with Crippen molar-refractivity contribution < 1.29 is 0 Å². The summed E-state index contributed by atoms with van der Waals surface area (Å²) in [5.74, 6) is 7.11. The first-order valence-electron chi connectivity index (χ1n) is 7.35. The molecule has 106 valence electrons. The highest BCUT2D eigenvalue weighted by atomic mass is 32.1. The van der Waals surface area contributed by atoms with E-state index in [-0.39, 0.29) is 6.04 Å². The van der Waals surface area contributed by atoms with Crippen LogP contribution in [0.1, 0.15) is 29.5 Å². The fourth-order valence-electron chi connectivity index (χ4n) is 3.35. The first-order valence-corrected chi connectivity index (χ1v) is 8.23. The van der Waals surface area contributed by atoms with Crippen molar-refractivity contribution in [2.75, 3.05) is 0 Å². The molecule has 1 heterocycles. The van der Waals surface area contributed by atoms with Gasteiger partial charge in [-0.1, -0.05) is 48.5 Å². The van der Waals surface area contributed by atoms with Crippen molar-refractivity contribution in [2.45, 2.75) is 18.4 Å². The van der Waals surface area contributed by atoms with Crippen LogP contribution in [0.5, 0.6) is 0 Å². The van der Waals surface area contributed by atoms with Gasteiger partial charge < -0.3 is 0 Å². The van der Waals surface area contributed by atoms with Gasteiger partial charge in [0.25, 0.3) is 0 Å². The summed E-state index contributed by atoms with van der Waals surface area (Å²) in [7, 11) is 0. The third-order valence-corrected chi connectivity index (χ3v) is 5.50. The van der Waals surface area contributed by atoms with Gasteiger partial charge in [0.1, 0.15) is 0 Å². The van der Waals surface area contributed by atoms with Gasteiger partial charge in [-0.2, -0.15) is 0 Å². The van der Waals surface area contributed by atoms with Crippen LogP contribution in [0.2, 0.25) is 0 Å². The number of hydrogen-bond donors (Lipinski definition) is 2. The van der Waals surface area contributed by atoms with Gasteiger partial charge in [0.05, 0.1) is 6.04 Å². The summed E-state index contributed by atoms with van der Waals surface area (Å²) in [6.45, 7) is 0. The van der Waals surface area contributed by atoms with Crippen molar-refractivity contribution >= 4 is 21.4 Å². The molecule has 0 amide bonds. The van der Waals surface area contributed by atoms with Crippen LogP contribution in [0.15, 0.2) is 60.0 Å². The number of thiophene rings is 1. The van der Waals surface area contributed by atoms with Crippen LogP contribution >= 0.6 is 11.3 Å². The molecule has 3 N–H and O–H groups in total. The predicted molar refractivity (Wildman–Crippen MR) is 89.2 cm³/mol. The van der Waals surface area contributed by atoms with Gasteiger partial charge in [0, 0.05) is 4.70 Å². The number of fused-ring (bicyclic) bond motifs is 1. The molecule has 0 spiro atoms. The SMILES string of the molecule is NNC(c1csc2ccccc12)C1CC1c1ccccc1. The molecule has 2 nitrogen and oxygen atoms in total. The molecule has 3 aromatic rings. The summed E-state index contributed by atoms with van der Waals surface area (Å²) in [4.78, 5) is 0. The van der Waals surface area contributed by atoms with Crippen LogP contribution < -0.4 is 11.3 Å². The highest BCUT2D eigenvalue weighted by Crippen LogP contribution is 2.54. The van der Waals surface area contributed by atoms with Crippen LogP contribution in [0.3, 0.4) is 0 Å². The molecule has 4 rings (SSSR count). The molecule has 1 aliphatic rings. The van der Waals surface area contributed by atoms with Gasteiger partial charge in [-0.05, 0) is 46.2 Å². The van der Waals surface area contributed by atoms with E-state index in [9.17, 15) is 0 Å². The second-order valence-electron chi connectivity index (χ2n) is 5.75. The van der Waals surface area contributed by atoms with Gasteiger partial charge in [0.15, 0.2) is 0 Å². The van der Waals surface area contributed by atoms with E-state index >= 15 is 0 Å². The zero-order valence-electron chi connectivity index (χ0n) is 11.7. The molecule has 1 saturated carbocycles. The Bertz CT molecular complexity index is 750. The largest absolute Gasteiger partial charge is 0.271 e. The van der Waals surface area contributed by atoms with Crippen LogP contribution in [0, 0.1) is 5.92 Å². The maximum absolute atomic E-state index is 5.89. The lowest BCUT2D eigenvalue weighted by molar-refractivity contribution is 0.491. The minimum absolute atomic E-state index is 0.242. The van der Waals surface area contributed by atoms with Crippen molar-refractivity contribution in [1.29, 1.82) is 0 Å². The van der Waals surface area contributed by atoms with Crippen molar-refractivity contribution in [2.24, 2.45) is 11.8 Å². The van der Waals surface area contributed by atoms with Gasteiger partial charge in [-0.15, -0.1) is 11.3 Å². The number of nitrogens with two attached hydrogens (primary N) is 1. The molecular formula is C18H18N2S. The standard InChI is InChI=1S/C18H18N2S/c19-20-18(15-10-14(15)12-6-2-1-3-7-12)16-11-21-17-9-5-4-8-13(16)17/h1-9,11,14-15,18,20H,10,19H2. The normalized spacial score (nSPS) is 22.3. The Morgan fingerprint density at radius 2 is 1.81 bits per heavy atom. The Hall–Kier alpha value is -1.68. The van der Waals surface area contributed by atoms with Crippen molar-refractivity contribution in [3.8, 4) is 0 Å². The average Bonchev–Trinajstić information content (AvgIpc) is 3.22. The van der Waals surface area contributed by atoms with Crippen molar-refractivity contribution in [3.63, 3.8) is 0 Å². The first-order chi connectivity index (χ1) is 10.4. The van der Waals surface area contributed by atoms with E-state index in [1.807, 2.05) is 0 Å². The second-order valence-corrected chi connectivity index (χ2v) is 6.66. The van der Waals surface area contributed by atoms with Crippen LogP contribution in [0.4, 0.5) is 0 Å². The van der Waals surface area contributed by atoms with Gasteiger partial charge in [-0.25, -0.2) is 0 Å². The third kappa shape index (κ3) is 2.27. The first kappa shape index (κ1) is 13.0. The molecule has 1 fully saturated rings. The number of hydrogen-bond acceptors (Lipinski definition) is 3. The lowest BCUT2D eigenvalue weighted by atomic mass is 9.99. The highest BCUT2D eigenvalue weighted by Gasteiger charge is 2.44. The molecule has 3 heteroatoms. The van der Waals surface area contributed by atoms with E-state index in [2.05, 4.69) is 65.4 Å². The Labute approximate surface area is 128 Å². The molecule has 1 aromatic heterocycles. The van der Waals surface area contributed by atoms with Crippen LogP contribution in [-0.4, -0.2) is 0 Å². The fraction of sp³-hybridized carbons (Fsp3) is 0.222. The van der Waals surface area contributed by atoms with Crippen LogP contribution in [0.25, 0.3) is 10.1 Å². The third-order valence-electron chi connectivity index (χ3n) is 4.52. The molecule has 1 aliphatic carbocycles. The van der Waals surface area contributed by atoms with Crippen molar-refractivity contribution in [1.82, 2.24) is 5.43 Å². The van der Waals surface area contributed by atoms with Gasteiger partial charge in [0.2, 0.25) is 0 Å². The summed E-state index contributed by atoms with van der Waals surface area (Å²) >= 11 is 1.80. The van der Waals surface area contributed by atoms with Crippen LogP contribution in [-0.2, 0) is 0 Å². The smallest absolute Gasteiger partial charge is 0.0508 e. The number of benzene rings is 2. The molecule has 0 radical (unpaired) electrons. The monoisotopic (exact) mass is 294 g/mol. The van der Waals surface area contributed by atoms with E-state index in [1.165, 1.54) is 27.6 Å². The Morgan fingerprint density at radius 3 is 2.62 bits per heavy atom. The zero-order valence-corrected chi connectivity index (χ0v) is 12.5. The molecule has 0 aliphatic heterocycles. The van der Waals surface area contributed by atoms with Gasteiger partial charge in [-0.3, -0.25) is 11.3 Å². The summed E-state index contributed by atoms with van der Waals surface area (Å²) in [6, 6.07) is 19.6. The molecule has 0 bridgehead atoms. The summed E-state index contributed by atoms with van der Waals surface area (Å²) in [5, 5.41) is 3.60. The van der Waals surface area contributed by atoms with E-state index in [0.29, 0.717) is 11.8 Å². The Morgan fingerprint density at radius 1 is 1.05 bits per heavy atom. The van der Waals surface area contributed by atoms with Crippen molar-refractivity contribution in [3.05, 3.63) is 71.1 Å². The number of hydrazine groups is 1. The topological polar surface area (TPSA) is 38.0 Å². The van der Waals surface area contributed by atoms with Gasteiger partial charge >= 0.3 is 0 Å². The predicted octanol–water partition coefficient (Wildman–Crippen LogP) is 4.21. The highest BCUT2D eigenvalue weighted by molar-refractivity contribution is 7.17. The second kappa shape index (κ2) is 5.26. The molecule has 2 aromatic carbocycles.